The minimum atomic E-state index is 0.323. The number of nitrogens with one attached hydrogen (secondary N) is 1. The fourth-order valence-electron chi connectivity index (χ4n) is 1.17. The van der Waals surface area contributed by atoms with E-state index in [0.29, 0.717) is 4.75 Å². The first-order chi connectivity index (χ1) is 6.94. The largest absolute Gasteiger partial charge is 0.310 e. The summed E-state index contributed by atoms with van der Waals surface area (Å²) in [7, 11) is 0. The highest BCUT2D eigenvalue weighted by Crippen LogP contribution is 2.27. The second kappa shape index (κ2) is 5.71. The lowest BCUT2D eigenvalue weighted by molar-refractivity contribution is 0.594. The molecule has 0 aliphatic heterocycles. The summed E-state index contributed by atoms with van der Waals surface area (Å²) in [5.41, 5.74) is 1.33. The monoisotopic (exact) mass is 307 g/mol. The molecule has 0 saturated heterocycles. The van der Waals surface area contributed by atoms with Crippen molar-refractivity contribution in [1.29, 1.82) is 0 Å². The predicted molar refractivity (Wildman–Crippen MR) is 76.1 cm³/mol. The summed E-state index contributed by atoms with van der Waals surface area (Å²) < 4.78 is 1.58. The van der Waals surface area contributed by atoms with Crippen LogP contribution in [-0.2, 0) is 6.54 Å². The zero-order valence-electron chi connectivity index (χ0n) is 9.69. The van der Waals surface area contributed by atoms with Crippen molar-refractivity contribution < 1.29 is 0 Å². The van der Waals surface area contributed by atoms with Gasteiger partial charge in [-0.15, -0.1) is 11.3 Å². The topological polar surface area (TPSA) is 12.0 Å². The molecule has 1 heterocycles. The molecule has 0 radical (unpaired) electrons. The maximum Gasteiger partial charge on any atom is 0.0730 e. The molecule has 1 aromatic rings. The number of rotatable bonds is 5. The standard InChI is InChI=1S/C11H18BrNS2/c1-8-5-9(15-10(8)12)6-13-7-11(2,3)14-4/h5,13H,6-7H2,1-4H3. The van der Waals surface area contributed by atoms with E-state index in [1.165, 1.54) is 14.2 Å². The van der Waals surface area contributed by atoms with Gasteiger partial charge in [0.05, 0.1) is 3.79 Å². The van der Waals surface area contributed by atoms with Gasteiger partial charge in [0, 0.05) is 22.7 Å². The third-order valence-electron chi connectivity index (χ3n) is 2.31. The molecule has 4 heteroatoms. The fourth-order valence-corrected chi connectivity index (χ4v) is 3.01. The van der Waals surface area contributed by atoms with Crippen LogP contribution in [0.1, 0.15) is 24.3 Å². The van der Waals surface area contributed by atoms with Gasteiger partial charge in [0.2, 0.25) is 0 Å². The Morgan fingerprint density at radius 2 is 2.20 bits per heavy atom. The Hall–Kier alpha value is 0.490. The molecule has 0 amide bonds. The summed E-state index contributed by atoms with van der Waals surface area (Å²) in [6, 6.07) is 2.24. The zero-order valence-corrected chi connectivity index (χ0v) is 12.9. The van der Waals surface area contributed by atoms with Crippen LogP contribution in [0.3, 0.4) is 0 Å². The van der Waals surface area contributed by atoms with E-state index in [1.807, 2.05) is 23.1 Å². The molecule has 0 spiro atoms. The number of aryl methyl sites for hydroxylation is 1. The van der Waals surface area contributed by atoms with Crippen molar-refractivity contribution in [2.24, 2.45) is 0 Å². The highest BCUT2D eigenvalue weighted by molar-refractivity contribution is 9.11. The minimum absolute atomic E-state index is 0.323. The molecule has 1 N–H and O–H groups in total. The average Bonchev–Trinajstić information content (AvgIpc) is 2.46. The van der Waals surface area contributed by atoms with Crippen molar-refractivity contribution >= 4 is 39.0 Å². The van der Waals surface area contributed by atoms with Crippen molar-refractivity contribution in [2.75, 3.05) is 12.8 Å². The van der Waals surface area contributed by atoms with Crippen LogP contribution in [0.4, 0.5) is 0 Å². The van der Waals surface area contributed by atoms with Crippen LogP contribution in [-0.4, -0.2) is 17.5 Å². The third-order valence-corrected chi connectivity index (χ3v) is 5.70. The van der Waals surface area contributed by atoms with Gasteiger partial charge in [-0.05, 0) is 54.6 Å². The molecule has 0 atom stereocenters. The molecule has 0 aliphatic carbocycles. The highest BCUT2D eigenvalue weighted by Gasteiger charge is 2.14. The lowest BCUT2D eigenvalue weighted by atomic mass is 10.2. The number of thiophene rings is 1. The van der Waals surface area contributed by atoms with E-state index in [2.05, 4.69) is 54.3 Å². The number of halogens is 1. The molecule has 1 rings (SSSR count). The van der Waals surface area contributed by atoms with Crippen molar-refractivity contribution in [3.8, 4) is 0 Å². The molecular formula is C11H18BrNS2. The first-order valence-electron chi connectivity index (χ1n) is 4.95. The van der Waals surface area contributed by atoms with Gasteiger partial charge in [0.1, 0.15) is 0 Å². The Labute approximate surface area is 109 Å². The van der Waals surface area contributed by atoms with Gasteiger partial charge in [-0.2, -0.15) is 11.8 Å². The van der Waals surface area contributed by atoms with Crippen molar-refractivity contribution in [2.45, 2.75) is 32.1 Å². The van der Waals surface area contributed by atoms with E-state index in [0.717, 1.165) is 13.1 Å². The summed E-state index contributed by atoms with van der Waals surface area (Å²) in [6.45, 7) is 8.68. The predicted octanol–water partition coefficient (Wildman–Crippen LogP) is 4.05. The average molecular weight is 308 g/mol. The maximum atomic E-state index is 3.55. The Balaban J connectivity index is 2.38. The van der Waals surface area contributed by atoms with Crippen LogP contribution in [0.5, 0.6) is 0 Å². The van der Waals surface area contributed by atoms with Gasteiger partial charge in [-0.25, -0.2) is 0 Å². The highest BCUT2D eigenvalue weighted by atomic mass is 79.9. The molecule has 15 heavy (non-hydrogen) atoms. The Bertz CT molecular complexity index is 301. The van der Waals surface area contributed by atoms with Gasteiger partial charge in [0.25, 0.3) is 0 Å². The van der Waals surface area contributed by atoms with Crippen molar-refractivity contribution in [1.82, 2.24) is 5.32 Å². The molecular weight excluding hydrogens is 290 g/mol. The van der Waals surface area contributed by atoms with Gasteiger partial charge in [-0.3, -0.25) is 0 Å². The quantitative estimate of drug-likeness (QED) is 0.880. The summed E-state index contributed by atoms with van der Waals surface area (Å²) in [5.74, 6) is 0. The van der Waals surface area contributed by atoms with E-state index in [9.17, 15) is 0 Å². The third kappa shape index (κ3) is 4.47. The first kappa shape index (κ1) is 13.6. The molecule has 0 aliphatic rings. The van der Waals surface area contributed by atoms with Crippen molar-refractivity contribution in [3.05, 3.63) is 20.3 Å². The summed E-state index contributed by atoms with van der Waals surface area (Å²) >= 11 is 7.27. The molecule has 0 saturated carbocycles. The smallest absolute Gasteiger partial charge is 0.0730 e. The summed E-state index contributed by atoms with van der Waals surface area (Å²) in [5, 5.41) is 3.50. The van der Waals surface area contributed by atoms with Crippen LogP contribution >= 0.6 is 39.0 Å². The summed E-state index contributed by atoms with van der Waals surface area (Å²) in [4.78, 5) is 1.40. The maximum absolute atomic E-state index is 3.55. The van der Waals surface area contributed by atoms with Gasteiger partial charge < -0.3 is 5.32 Å². The van der Waals surface area contributed by atoms with Gasteiger partial charge >= 0.3 is 0 Å². The van der Waals surface area contributed by atoms with Gasteiger partial charge in [-0.1, -0.05) is 0 Å². The van der Waals surface area contributed by atoms with E-state index < -0.39 is 0 Å². The van der Waals surface area contributed by atoms with E-state index >= 15 is 0 Å². The second-order valence-corrected chi connectivity index (χ2v) is 8.20. The van der Waals surface area contributed by atoms with Crippen molar-refractivity contribution in [3.63, 3.8) is 0 Å². The molecule has 0 unspecified atom stereocenters. The Kier molecular flexibility index (Phi) is 5.16. The normalized spacial score (nSPS) is 12.1. The van der Waals surface area contributed by atoms with Crippen LogP contribution in [0.25, 0.3) is 0 Å². The van der Waals surface area contributed by atoms with E-state index in [1.54, 1.807) is 0 Å². The zero-order chi connectivity index (χ0) is 11.5. The fraction of sp³-hybridized carbons (Fsp3) is 0.636. The van der Waals surface area contributed by atoms with Gasteiger partial charge in [0.15, 0.2) is 0 Å². The number of hydrogen-bond acceptors (Lipinski definition) is 3. The molecule has 0 aromatic carbocycles. The van der Waals surface area contributed by atoms with Crippen LogP contribution in [0.2, 0.25) is 0 Å². The summed E-state index contributed by atoms with van der Waals surface area (Å²) in [6.07, 6.45) is 2.16. The first-order valence-corrected chi connectivity index (χ1v) is 7.79. The van der Waals surface area contributed by atoms with E-state index in [-0.39, 0.29) is 0 Å². The number of hydrogen-bond donors (Lipinski definition) is 1. The molecule has 0 bridgehead atoms. The molecule has 1 nitrogen and oxygen atoms in total. The lowest BCUT2D eigenvalue weighted by Gasteiger charge is -2.22. The van der Waals surface area contributed by atoms with Crippen LogP contribution < -0.4 is 5.32 Å². The lowest BCUT2D eigenvalue weighted by Crippen LogP contribution is -2.31. The Morgan fingerprint density at radius 3 is 2.67 bits per heavy atom. The SMILES string of the molecule is CSC(C)(C)CNCc1cc(C)c(Br)s1. The Morgan fingerprint density at radius 1 is 1.53 bits per heavy atom. The van der Waals surface area contributed by atoms with Crippen LogP contribution in [0.15, 0.2) is 9.85 Å². The molecule has 1 aromatic heterocycles. The van der Waals surface area contributed by atoms with E-state index in [4.69, 9.17) is 0 Å². The molecule has 86 valence electrons. The molecule has 0 fully saturated rings. The van der Waals surface area contributed by atoms with Crippen LogP contribution in [0, 0.1) is 6.92 Å². The second-order valence-electron chi connectivity index (χ2n) is 4.24. The number of thioether (sulfide) groups is 1. The minimum Gasteiger partial charge on any atom is -0.310 e.